The maximum atomic E-state index is 13.7. The summed E-state index contributed by atoms with van der Waals surface area (Å²) in [4.78, 5) is 22.0. The largest absolute Gasteiger partial charge is 0.325 e. The molecule has 0 aliphatic carbocycles. The maximum absolute atomic E-state index is 13.7. The lowest BCUT2D eigenvalue weighted by Gasteiger charge is -2.36. The van der Waals surface area contributed by atoms with Gasteiger partial charge in [0.15, 0.2) is 5.82 Å². The normalized spacial score (nSPS) is 12.1. The molecule has 1 aromatic rings. The number of nitrogens with zero attached hydrogens (tertiary/aromatic N) is 1. The van der Waals surface area contributed by atoms with Crippen LogP contribution in [0.5, 0.6) is 0 Å². The Morgan fingerprint density at radius 1 is 1.35 bits per heavy atom. The molecule has 0 atom stereocenters. The van der Waals surface area contributed by atoms with Crippen molar-refractivity contribution in [2.24, 2.45) is 11.1 Å². The SMILES string of the molecule is CC(C)(N)C(C)(C)C(=O)Nc1ccc([N+](=O)[O-])cc1F. The molecule has 0 spiro atoms. The topological polar surface area (TPSA) is 98.3 Å². The van der Waals surface area contributed by atoms with Gasteiger partial charge in [-0.05, 0) is 33.8 Å². The summed E-state index contributed by atoms with van der Waals surface area (Å²) in [6, 6.07) is 3.04. The van der Waals surface area contributed by atoms with E-state index in [1.54, 1.807) is 27.7 Å². The first-order valence-corrected chi connectivity index (χ1v) is 6.01. The molecule has 0 saturated heterocycles. The lowest BCUT2D eigenvalue weighted by atomic mass is 9.74. The fourth-order valence-electron chi connectivity index (χ4n) is 1.29. The fourth-order valence-corrected chi connectivity index (χ4v) is 1.29. The Labute approximate surface area is 116 Å². The van der Waals surface area contributed by atoms with Gasteiger partial charge in [0.1, 0.15) is 0 Å². The van der Waals surface area contributed by atoms with Crippen molar-refractivity contribution in [3.63, 3.8) is 0 Å². The Hall–Kier alpha value is -2.02. The number of benzene rings is 1. The zero-order valence-corrected chi connectivity index (χ0v) is 11.9. The maximum Gasteiger partial charge on any atom is 0.272 e. The molecule has 0 bridgehead atoms. The summed E-state index contributed by atoms with van der Waals surface area (Å²) in [6.45, 7) is 6.68. The van der Waals surface area contributed by atoms with E-state index in [9.17, 15) is 19.3 Å². The third-order valence-corrected chi connectivity index (χ3v) is 3.59. The van der Waals surface area contributed by atoms with Crippen LogP contribution in [0.1, 0.15) is 27.7 Å². The molecular weight excluding hydrogens is 265 g/mol. The molecule has 3 N–H and O–H groups in total. The summed E-state index contributed by atoms with van der Waals surface area (Å²) < 4.78 is 13.7. The summed E-state index contributed by atoms with van der Waals surface area (Å²) in [5.41, 5.74) is 3.68. The van der Waals surface area contributed by atoms with Crippen molar-refractivity contribution >= 4 is 17.3 Å². The van der Waals surface area contributed by atoms with Gasteiger partial charge in [-0.1, -0.05) is 0 Å². The van der Waals surface area contributed by atoms with Crippen LogP contribution in [0.15, 0.2) is 18.2 Å². The van der Waals surface area contributed by atoms with E-state index in [2.05, 4.69) is 5.32 Å². The molecule has 1 rings (SSSR count). The third-order valence-electron chi connectivity index (χ3n) is 3.59. The molecule has 1 amide bonds. The first kappa shape index (κ1) is 16.0. The van der Waals surface area contributed by atoms with Crippen LogP contribution >= 0.6 is 0 Å². The Bertz CT molecular complexity index is 550. The highest BCUT2D eigenvalue weighted by atomic mass is 19.1. The number of carbonyl (C=O) groups excluding carboxylic acids is 1. The van der Waals surface area contributed by atoms with Crippen LogP contribution in [0.25, 0.3) is 0 Å². The second kappa shape index (κ2) is 5.16. The Balaban J connectivity index is 3.00. The number of nitrogens with two attached hydrogens (primary N) is 1. The van der Waals surface area contributed by atoms with Gasteiger partial charge in [-0.25, -0.2) is 4.39 Å². The minimum Gasteiger partial charge on any atom is -0.325 e. The Kier molecular flexibility index (Phi) is 4.14. The van der Waals surface area contributed by atoms with E-state index in [4.69, 9.17) is 5.73 Å². The van der Waals surface area contributed by atoms with E-state index in [1.807, 2.05) is 0 Å². The van der Waals surface area contributed by atoms with Crippen LogP contribution in [-0.2, 0) is 4.79 Å². The quantitative estimate of drug-likeness (QED) is 0.655. The number of nitro groups is 1. The van der Waals surface area contributed by atoms with Gasteiger partial charge >= 0.3 is 0 Å². The number of nitrogens with one attached hydrogen (secondary N) is 1. The van der Waals surface area contributed by atoms with Crippen molar-refractivity contribution in [3.05, 3.63) is 34.1 Å². The minimum absolute atomic E-state index is 0.113. The zero-order valence-electron chi connectivity index (χ0n) is 11.9. The van der Waals surface area contributed by atoms with Crippen molar-refractivity contribution in [2.45, 2.75) is 33.2 Å². The van der Waals surface area contributed by atoms with E-state index < -0.39 is 27.6 Å². The van der Waals surface area contributed by atoms with Crippen LogP contribution in [0, 0.1) is 21.3 Å². The van der Waals surface area contributed by atoms with Crippen molar-refractivity contribution in [2.75, 3.05) is 5.32 Å². The highest BCUT2D eigenvalue weighted by Gasteiger charge is 2.40. The molecule has 0 fully saturated rings. The lowest BCUT2D eigenvalue weighted by Crippen LogP contribution is -2.53. The van der Waals surface area contributed by atoms with Crippen LogP contribution in [0.2, 0.25) is 0 Å². The molecule has 6 nitrogen and oxygen atoms in total. The second-order valence-electron chi connectivity index (χ2n) is 5.72. The van der Waals surface area contributed by atoms with Crippen molar-refractivity contribution in [1.29, 1.82) is 0 Å². The van der Waals surface area contributed by atoms with Crippen molar-refractivity contribution in [3.8, 4) is 0 Å². The highest BCUT2D eigenvalue weighted by Crippen LogP contribution is 2.30. The van der Waals surface area contributed by atoms with E-state index >= 15 is 0 Å². The number of rotatable bonds is 4. The number of anilines is 1. The highest BCUT2D eigenvalue weighted by molar-refractivity contribution is 5.96. The third kappa shape index (κ3) is 3.11. The zero-order chi connectivity index (χ0) is 15.7. The van der Waals surface area contributed by atoms with E-state index in [-0.39, 0.29) is 11.4 Å². The van der Waals surface area contributed by atoms with E-state index in [0.717, 1.165) is 18.2 Å². The van der Waals surface area contributed by atoms with Crippen molar-refractivity contribution < 1.29 is 14.1 Å². The molecule has 0 saturated carbocycles. The summed E-state index contributed by atoms with van der Waals surface area (Å²) in [5.74, 6) is -1.32. The summed E-state index contributed by atoms with van der Waals surface area (Å²) in [5, 5.41) is 12.9. The molecule has 0 unspecified atom stereocenters. The van der Waals surface area contributed by atoms with Crippen LogP contribution in [0.4, 0.5) is 15.8 Å². The molecule has 7 heteroatoms. The predicted molar refractivity (Wildman–Crippen MR) is 73.7 cm³/mol. The molecule has 20 heavy (non-hydrogen) atoms. The monoisotopic (exact) mass is 283 g/mol. The van der Waals surface area contributed by atoms with E-state index in [1.165, 1.54) is 0 Å². The predicted octanol–water partition coefficient (Wildman–Crippen LogP) is 2.44. The first-order chi connectivity index (χ1) is 8.96. The van der Waals surface area contributed by atoms with E-state index in [0.29, 0.717) is 0 Å². The smallest absolute Gasteiger partial charge is 0.272 e. The molecule has 0 heterocycles. The van der Waals surface area contributed by atoms with Crippen LogP contribution in [0.3, 0.4) is 0 Å². The second-order valence-corrected chi connectivity index (χ2v) is 5.72. The molecular formula is C13H18FN3O3. The van der Waals surface area contributed by atoms with Crippen LogP contribution in [-0.4, -0.2) is 16.4 Å². The number of nitro benzene ring substituents is 1. The molecule has 0 aliphatic heterocycles. The Morgan fingerprint density at radius 3 is 2.30 bits per heavy atom. The standard InChI is InChI=1S/C13H18FN3O3/c1-12(2,13(3,4)15)11(18)16-10-6-5-8(17(19)20)7-9(10)14/h5-7H,15H2,1-4H3,(H,16,18). The first-order valence-electron chi connectivity index (χ1n) is 6.01. The molecule has 0 radical (unpaired) electrons. The fraction of sp³-hybridized carbons (Fsp3) is 0.462. The average Bonchev–Trinajstić information content (AvgIpc) is 2.29. The number of hydrogen-bond acceptors (Lipinski definition) is 4. The molecule has 0 aromatic heterocycles. The average molecular weight is 283 g/mol. The van der Waals surface area contributed by atoms with Gasteiger partial charge in [-0.3, -0.25) is 14.9 Å². The summed E-state index contributed by atoms with van der Waals surface area (Å²) >= 11 is 0. The van der Waals surface area contributed by atoms with Crippen LogP contribution < -0.4 is 11.1 Å². The minimum atomic E-state index is -0.943. The van der Waals surface area contributed by atoms with Crippen molar-refractivity contribution in [1.82, 2.24) is 0 Å². The summed E-state index contributed by atoms with van der Waals surface area (Å²) in [7, 11) is 0. The van der Waals surface area contributed by atoms with Gasteiger partial charge in [-0.2, -0.15) is 0 Å². The van der Waals surface area contributed by atoms with Gasteiger partial charge in [0.25, 0.3) is 5.69 Å². The Morgan fingerprint density at radius 2 is 1.90 bits per heavy atom. The lowest BCUT2D eigenvalue weighted by molar-refractivity contribution is -0.385. The number of amides is 1. The van der Waals surface area contributed by atoms with Gasteiger partial charge in [0.05, 0.1) is 22.1 Å². The molecule has 1 aromatic carbocycles. The number of carbonyl (C=O) groups is 1. The van der Waals surface area contributed by atoms with Gasteiger partial charge in [0.2, 0.25) is 5.91 Å². The number of hydrogen-bond donors (Lipinski definition) is 2. The molecule has 110 valence electrons. The summed E-state index contributed by atoms with van der Waals surface area (Å²) in [6.07, 6.45) is 0. The molecule has 0 aliphatic rings. The van der Waals surface area contributed by atoms with Gasteiger partial charge < -0.3 is 11.1 Å². The number of halogens is 1. The van der Waals surface area contributed by atoms with Gasteiger partial charge in [-0.15, -0.1) is 0 Å². The number of non-ortho nitro benzene ring substituents is 1. The van der Waals surface area contributed by atoms with Gasteiger partial charge in [0, 0.05) is 11.6 Å².